The number of halogens is 1. The Morgan fingerprint density at radius 2 is 1.84 bits per heavy atom. The normalized spacial score (nSPS) is 10.8. The van der Waals surface area contributed by atoms with Gasteiger partial charge in [-0.2, -0.15) is 0 Å². The maximum atomic E-state index is 14.0. The molecule has 0 saturated carbocycles. The second-order valence-electron chi connectivity index (χ2n) is 4.47. The lowest BCUT2D eigenvalue weighted by Gasteiger charge is -2.11. The van der Waals surface area contributed by atoms with Crippen molar-refractivity contribution in [2.45, 2.75) is 6.92 Å². The van der Waals surface area contributed by atoms with Crippen molar-refractivity contribution in [2.75, 3.05) is 0 Å². The number of hydrogen-bond donors (Lipinski definition) is 1. The van der Waals surface area contributed by atoms with Crippen LogP contribution in [0.4, 0.5) is 4.39 Å². The van der Waals surface area contributed by atoms with E-state index in [1.807, 2.05) is 6.07 Å². The summed E-state index contributed by atoms with van der Waals surface area (Å²) in [6, 6.07) is 12.0. The quantitative estimate of drug-likeness (QED) is 0.709. The average molecular weight is 253 g/mol. The van der Waals surface area contributed by atoms with Crippen molar-refractivity contribution in [3.63, 3.8) is 0 Å². The highest BCUT2D eigenvalue weighted by atomic mass is 19.1. The van der Waals surface area contributed by atoms with Gasteiger partial charge in [0.1, 0.15) is 17.1 Å². The Morgan fingerprint density at radius 1 is 1.05 bits per heavy atom. The number of hydrogen-bond acceptors (Lipinski definition) is 2. The predicted octanol–water partition coefficient (Wildman–Crippen LogP) is 4.05. The topological polar surface area (TPSA) is 33.1 Å². The minimum atomic E-state index is -0.280. The molecule has 0 aliphatic heterocycles. The van der Waals surface area contributed by atoms with Crippen molar-refractivity contribution in [3.05, 3.63) is 60.0 Å². The van der Waals surface area contributed by atoms with Gasteiger partial charge in [-0.3, -0.25) is 4.98 Å². The fraction of sp³-hybridized carbons (Fsp3) is 0.0625. The van der Waals surface area contributed by atoms with Crippen molar-refractivity contribution in [1.29, 1.82) is 0 Å². The van der Waals surface area contributed by atoms with Crippen LogP contribution in [0.15, 0.2) is 48.7 Å². The number of phenolic OH excluding ortho intramolecular Hbond substituents is 1. The first-order valence-corrected chi connectivity index (χ1v) is 6.00. The summed E-state index contributed by atoms with van der Waals surface area (Å²) in [5.41, 5.74) is 2.45. The van der Waals surface area contributed by atoms with E-state index >= 15 is 0 Å². The molecule has 0 saturated heterocycles. The number of aromatic hydroxyl groups is 1. The first-order chi connectivity index (χ1) is 9.18. The third-order valence-corrected chi connectivity index (χ3v) is 3.22. The monoisotopic (exact) mass is 253 g/mol. The molecule has 1 aromatic heterocycles. The SMILES string of the molecule is Cc1cc(-c2ccccc2F)c2cccnc2c1O. The Morgan fingerprint density at radius 3 is 2.63 bits per heavy atom. The minimum Gasteiger partial charge on any atom is -0.505 e. The van der Waals surface area contributed by atoms with Crippen LogP contribution in [0.3, 0.4) is 0 Å². The summed E-state index contributed by atoms with van der Waals surface area (Å²) < 4.78 is 14.0. The molecule has 94 valence electrons. The Kier molecular flexibility index (Phi) is 2.67. The Hall–Kier alpha value is -2.42. The van der Waals surface area contributed by atoms with Crippen molar-refractivity contribution >= 4 is 10.9 Å². The standard InChI is InChI=1S/C16H12FNO/c1-10-9-13(11-5-2-3-7-14(11)17)12-6-4-8-18-15(12)16(10)19/h2-9,19H,1H3. The zero-order valence-electron chi connectivity index (χ0n) is 10.4. The Balaban J connectivity index is 2.43. The molecule has 19 heavy (non-hydrogen) atoms. The lowest BCUT2D eigenvalue weighted by atomic mass is 9.97. The van der Waals surface area contributed by atoms with Gasteiger partial charge >= 0.3 is 0 Å². The summed E-state index contributed by atoms with van der Waals surface area (Å²) in [7, 11) is 0. The molecule has 0 amide bonds. The fourth-order valence-corrected chi connectivity index (χ4v) is 2.26. The van der Waals surface area contributed by atoms with E-state index in [-0.39, 0.29) is 11.6 Å². The highest BCUT2D eigenvalue weighted by Crippen LogP contribution is 2.36. The third kappa shape index (κ3) is 1.83. The molecule has 1 heterocycles. The second-order valence-corrected chi connectivity index (χ2v) is 4.47. The molecule has 0 aliphatic carbocycles. The van der Waals surface area contributed by atoms with E-state index in [9.17, 15) is 9.50 Å². The first-order valence-electron chi connectivity index (χ1n) is 6.00. The predicted molar refractivity (Wildman–Crippen MR) is 73.5 cm³/mol. The van der Waals surface area contributed by atoms with Crippen LogP contribution in [0, 0.1) is 12.7 Å². The van der Waals surface area contributed by atoms with Gasteiger partial charge in [0.15, 0.2) is 0 Å². The zero-order valence-corrected chi connectivity index (χ0v) is 10.4. The Bertz CT molecular complexity index is 768. The van der Waals surface area contributed by atoms with Crippen LogP contribution in [0.2, 0.25) is 0 Å². The Labute approximate surface area is 110 Å². The van der Waals surface area contributed by atoms with Crippen molar-refractivity contribution in [1.82, 2.24) is 4.98 Å². The number of rotatable bonds is 1. The number of nitrogens with zero attached hydrogens (tertiary/aromatic N) is 1. The molecule has 1 N–H and O–H groups in total. The van der Waals surface area contributed by atoms with Crippen molar-refractivity contribution in [2.24, 2.45) is 0 Å². The maximum absolute atomic E-state index is 14.0. The van der Waals surface area contributed by atoms with Gasteiger partial charge in [0, 0.05) is 17.1 Å². The van der Waals surface area contributed by atoms with E-state index < -0.39 is 0 Å². The van der Waals surface area contributed by atoms with E-state index in [4.69, 9.17) is 0 Å². The van der Waals surface area contributed by atoms with E-state index in [1.54, 1.807) is 43.5 Å². The molecule has 0 radical (unpaired) electrons. The van der Waals surface area contributed by atoms with E-state index in [2.05, 4.69) is 4.98 Å². The second kappa shape index (κ2) is 4.35. The summed E-state index contributed by atoms with van der Waals surface area (Å²) in [4.78, 5) is 4.18. The smallest absolute Gasteiger partial charge is 0.144 e. The summed E-state index contributed by atoms with van der Waals surface area (Å²) in [5, 5.41) is 10.8. The molecule has 0 bridgehead atoms. The van der Waals surface area contributed by atoms with Gasteiger partial charge < -0.3 is 5.11 Å². The van der Waals surface area contributed by atoms with Gasteiger partial charge in [0.05, 0.1) is 0 Å². The van der Waals surface area contributed by atoms with E-state index in [1.165, 1.54) is 6.07 Å². The zero-order chi connectivity index (χ0) is 13.4. The molecular weight excluding hydrogens is 241 g/mol. The molecule has 2 aromatic carbocycles. The number of benzene rings is 2. The molecule has 2 nitrogen and oxygen atoms in total. The van der Waals surface area contributed by atoms with Gasteiger partial charge in [-0.1, -0.05) is 24.3 Å². The number of aromatic nitrogens is 1. The van der Waals surface area contributed by atoms with Crippen LogP contribution >= 0.6 is 0 Å². The number of pyridine rings is 1. The maximum Gasteiger partial charge on any atom is 0.144 e. The summed E-state index contributed by atoms with van der Waals surface area (Å²) in [5.74, 6) is -0.131. The highest BCUT2D eigenvalue weighted by molar-refractivity contribution is 5.98. The van der Waals surface area contributed by atoms with Gasteiger partial charge in [-0.15, -0.1) is 0 Å². The van der Waals surface area contributed by atoms with E-state index in [0.717, 1.165) is 10.9 Å². The van der Waals surface area contributed by atoms with Gasteiger partial charge in [0.2, 0.25) is 0 Å². The van der Waals surface area contributed by atoms with Crippen molar-refractivity contribution < 1.29 is 9.50 Å². The van der Waals surface area contributed by atoms with Crippen LogP contribution in [0.1, 0.15) is 5.56 Å². The van der Waals surface area contributed by atoms with Crippen LogP contribution in [-0.2, 0) is 0 Å². The lowest BCUT2D eigenvalue weighted by Crippen LogP contribution is -1.90. The number of fused-ring (bicyclic) bond motifs is 1. The molecule has 0 aliphatic rings. The first kappa shape index (κ1) is 11.7. The van der Waals surface area contributed by atoms with Gasteiger partial charge in [0.25, 0.3) is 0 Å². The molecule has 0 unspecified atom stereocenters. The third-order valence-electron chi connectivity index (χ3n) is 3.22. The number of phenols is 1. The van der Waals surface area contributed by atoms with Crippen LogP contribution in [0.25, 0.3) is 22.0 Å². The fourth-order valence-electron chi connectivity index (χ4n) is 2.26. The van der Waals surface area contributed by atoms with Crippen LogP contribution in [-0.4, -0.2) is 10.1 Å². The minimum absolute atomic E-state index is 0.149. The molecular formula is C16H12FNO. The molecule has 3 aromatic rings. The van der Waals surface area contributed by atoms with Crippen LogP contribution < -0.4 is 0 Å². The van der Waals surface area contributed by atoms with Gasteiger partial charge in [-0.25, -0.2) is 4.39 Å². The largest absolute Gasteiger partial charge is 0.505 e. The van der Waals surface area contributed by atoms with Crippen LogP contribution in [0.5, 0.6) is 5.75 Å². The average Bonchev–Trinajstić information content (AvgIpc) is 2.44. The van der Waals surface area contributed by atoms with Crippen molar-refractivity contribution in [3.8, 4) is 16.9 Å². The molecule has 3 rings (SSSR count). The molecule has 0 spiro atoms. The molecule has 0 atom stereocenters. The summed E-state index contributed by atoms with van der Waals surface area (Å²) in [6.45, 7) is 1.79. The molecule has 0 fully saturated rings. The van der Waals surface area contributed by atoms with E-state index in [0.29, 0.717) is 16.6 Å². The number of aryl methyl sites for hydroxylation is 1. The summed E-state index contributed by atoms with van der Waals surface area (Å²) in [6.07, 6.45) is 1.62. The summed E-state index contributed by atoms with van der Waals surface area (Å²) >= 11 is 0. The van der Waals surface area contributed by atoms with Gasteiger partial charge in [-0.05, 0) is 36.2 Å². The highest BCUT2D eigenvalue weighted by Gasteiger charge is 2.13. The molecule has 3 heteroatoms. The lowest BCUT2D eigenvalue weighted by molar-refractivity contribution is 0.476.